The normalized spacial score (nSPS) is 9.95. The molecule has 0 heterocycles. The summed E-state index contributed by atoms with van der Waals surface area (Å²) in [4.78, 5) is 10.3. The second kappa shape index (κ2) is 5.26. The molecular formula is C13H13N3O3. The fourth-order valence-corrected chi connectivity index (χ4v) is 1.65. The van der Waals surface area contributed by atoms with E-state index in [2.05, 4.69) is 5.32 Å². The molecule has 0 aliphatic carbocycles. The third kappa shape index (κ3) is 3.12. The third-order valence-electron chi connectivity index (χ3n) is 2.53. The number of rotatable bonds is 4. The number of nitrogens with two attached hydrogens (primary N) is 1. The second-order valence-corrected chi connectivity index (χ2v) is 3.92. The van der Waals surface area contributed by atoms with Crippen molar-refractivity contribution in [3.63, 3.8) is 0 Å². The molecule has 0 saturated heterocycles. The molecule has 2 aromatic carbocycles. The van der Waals surface area contributed by atoms with E-state index in [-0.39, 0.29) is 5.69 Å². The Balaban J connectivity index is 2.24. The van der Waals surface area contributed by atoms with Crippen molar-refractivity contribution in [3.8, 4) is 5.75 Å². The monoisotopic (exact) mass is 259 g/mol. The first-order chi connectivity index (χ1) is 9.08. The standard InChI is InChI=1S/C13H13N3O3/c1-19-13-4-2-10(3-5-13)15-11-6-9(14)7-12(8-11)16(17)18/h2-8,15H,14H2,1H3. The first-order valence-electron chi connectivity index (χ1n) is 5.54. The van der Waals surface area contributed by atoms with Crippen LogP contribution in [0.2, 0.25) is 0 Å². The number of hydrogen-bond donors (Lipinski definition) is 2. The van der Waals surface area contributed by atoms with Crippen LogP contribution in [-0.4, -0.2) is 12.0 Å². The van der Waals surface area contributed by atoms with Gasteiger partial charge in [-0.3, -0.25) is 10.1 Å². The maximum atomic E-state index is 10.7. The molecule has 0 aliphatic rings. The predicted octanol–water partition coefficient (Wildman–Crippen LogP) is 2.93. The molecule has 0 aromatic heterocycles. The number of nitro groups is 1. The second-order valence-electron chi connectivity index (χ2n) is 3.92. The molecule has 0 atom stereocenters. The molecule has 0 unspecified atom stereocenters. The van der Waals surface area contributed by atoms with Gasteiger partial charge in [-0.25, -0.2) is 0 Å². The van der Waals surface area contributed by atoms with Gasteiger partial charge in [-0.05, 0) is 30.3 Å². The number of non-ortho nitro benzene ring substituents is 1. The number of nitro benzene ring substituents is 1. The molecule has 0 bridgehead atoms. The van der Waals surface area contributed by atoms with E-state index in [1.165, 1.54) is 12.1 Å². The van der Waals surface area contributed by atoms with E-state index in [1.54, 1.807) is 25.3 Å². The number of nitrogens with one attached hydrogen (secondary N) is 1. The van der Waals surface area contributed by atoms with Gasteiger partial charge in [0.1, 0.15) is 5.75 Å². The van der Waals surface area contributed by atoms with Crippen molar-refractivity contribution in [3.05, 3.63) is 52.6 Å². The highest BCUT2D eigenvalue weighted by Gasteiger charge is 2.08. The Bertz CT molecular complexity index is 597. The molecule has 2 aromatic rings. The van der Waals surface area contributed by atoms with Gasteiger partial charge in [0, 0.05) is 29.2 Å². The van der Waals surface area contributed by atoms with Gasteiger partial charge in [0.25, 0.3) is 5.69 Å². The van der Waals surface area contributed by atoms with Crippen LogP contribution in [0.5, 0.6) is 5.75 Å². The topological polar surface area (TPSA) is 90.4 Å². The van der Waals surface area contributed by atoms with Gasteiger partial charge in [-0.1, -0.05) is 0 Å². The summed E-state index contributed by atoms with van der Waals surface area (Å²) in [5.41, 5.74) is 7.28. The summed E-state index contributed by atoms with van der Waals surface area (Å²) in [5.74, 6) is 0.740. The number of methoxy groups -OCH3 is 1. The molecule has 6 nitrogen and oxygen atoms in total. The lowest BCUT2D eigenvalue weighted by atomic mass is 10.2. The molecule has 19 heavy (non-hydrogen) atoms. The Morgan fingerprint density at radius 1 is 1.16 bits per heavy atom. The number of anilines is 3. The molecule has 0 fully saturated rings. The largest absolute Gasteiger partial charge is 0.497 e. The van der Waals surface area contributed by atoms with Crippen LogP contribution in [0.25, 0.3) is 0 Å². The maximum Gasteiger partial charge on any atom is 0.273 e. The summed E-state index contributed by atoms with van der Waals surface area (Å²) in [5, 5.41) is 13.8. The molecular weight excluding hydrogens is 246 g/mol. The molecule has 0 saturated carbocycles. The van der Waals surface area contributed by atoms with E-state index in [9.17, 15) is 10.1 Å². The lowest BCUT2D eigenvalue weighted by Crippen LogP contribution is -1.96. The van der Waals surface area contributed by atoms with Crippen LogP contribution in [0.15, 0.2) is 42.5 Å². The summed E-state index contributed by atoms with van der Waals surface area (Å²) in [6.07, 6.45) is 0. The minimum Gasteiger partial charge on any atom is -0.497 e. The van der Waals surface area contributed by atoms with Crippen LogP contribution in [0.4, 0.5) is 22.7 Å². The lowest BCUT2D eigenvalue weighted by Gasteiger charge is -2.08. The zero-order valence-electron chi connectivity index (χ0n) is 10.3. The Labute approximate surface area is 110 Å². The van der Waals surface area contributed by atoms with E-state index in [4.69, 9.17) is 10.5 Å². The summed E-state index contributed by atoms with van der Waals surface area (Å²) in [6, 6.07) is 11.6. The summed E-state index contributed by atoms with van der Waals surface area (Å²) in [7, 11) is 1.59. The SMILES string of the molecule is COc1ccc(Nc2cc(N)cc([N+](=O)[O-])c2)cc1. The Morgan fingerprint density at radius 2 is 1.84 bits per heavy atom. The maximum absolute atomic E-state index is 10.7. The van der Waals surface area contributed by atoms with E-state index in [0.717, 1.165) is 11.4 Å². The van der Waals surface area contributed by atoms with Gasteiger partial charge in [0.2, 0.25) is 0 Å². The van der Waals surface area contributed by atoms with Crippen LogP contribution in [0.1, 0.15) is 0 Å². The third-order valence-corrected chi connectivity index (χ3v) is 2.53. The van der Waals surface area contributed by atoms with Crippen molar-refractivity contribution in [1.29, 1.82) is 0 Å². The molecule has 0 spiro atoms. The summed E-state index contributed by atoms with van der Waals surface area (Å²) < 4.78 is 5.05. The van der Waals surface area contributed by atoms with E-state index in [0.29, 0.717) is 11.4 Å². The molecule has 3 N–H and O–H groups in total. The van der Waals surface area contributed by atoms with Gasteiger partial charge in [0.15, 0.2) is 0 Å². The van der Waals surface area contributed by atoms with Gasteiger partial charge in [-0.2, -0.15) is 0 Å². The molecule has 2 rings (SSSR count). The minimum absolute atomic E-state index is 0.0454. The average Bonchev–Trinajstić information content (AvgIpc) is 2.39. The number of hydrogen-bond acceptors (Lipinski definition) is 5. The van der Waals surface area contributed by atoms with Crippen molar-refractivity contribution in [2.75, 3.05) is 18.2 Å². The Kier molecular flexibility index (Phi) is 3.51. The fourth-order valence-electron chi connectivity index (χ4n) is 1.65. The van der Waals surface area contributed by atoms with E-state index < -0.39 is 4.92 Å². The molecule has 0 aliphatic heterocycles. The van der Waals surface area contributed by atoms with E-state index >= 15 is 0 Å². The van der Waals surface area contributed by atoms with Crippen molar-refractivity contribution >= 4 is 22.7 Å². The van der Waals surface area contributed by atoms with Crippen LogP contribution < -0.4 is 15.8 Å². The highest BCUT2D eigenvalue weighted by molar-refractivity contribution is 5.67. The van der Waals surface area contributed by atoms with Gasteiger partial charge in [-0.15, -0.1) is 0 Å². The smallest absolute Gasteiger partial charge is 0.273 e. The predicted molar refractivity (Wildman–Crippen MR) is 73.8 cm³/mol. The first kappa shape index (κ1) is 12.7. The Hall–Kier alpha value is -2.76. The molecule has 98 valence electrons. The first-order valence-corrected chi connectivity index (χ1v) is 5.54. The van der Waals surface area contributed by atoms with Crippen molar-refractivity contribution in [2.24, 2.45) is 0 Å². The molecule has 6 heteroatoms. The zero-order valence-corrected chi connectivity index (χ0v) is 10.3. The number of nitrogens with zero attached hydrogens (tertiary/aromatic N) is 1. The fraction of sp³-hybridized carbons (Fsp3) is 0.0769. The quantitative estimate of drug-likeness (QED) is 0.500. The van der Waals surface area contributed by atoms with Crippen LogP contribution >= 0.6 is 0 Å². The van der Waals surface area contributed by atoms with Crippen molar-refractivity contribution in [2.45, 2.75) is 0 Å². The molecule has 0 amide bonds. The molecule has 0 radical (unpaired) electrons. The van der Waals surface area contributed by atoms with Crippen LogP contribution in [0.3, 0.4) is 0 Å². The average molecular weight is 259 g/mol. The Morgan fingerprint density at radius 3 is 2.42 bits per heavy atom. The minimum atomic E-state index is -0.477. The van der Waals surface area contributed by atoms with Gasteiger partial charge in [0.05, 0.1) is 12.0 Å². The van der Waals surface area contributed by atoms with Crippen molar-refractivity contribution < 1.29 is 9.66 Å². The highest BCUT2D eigenvalue weighted by atomic mass is 16.6. The highest BCUT2D eigenvalue weighted by Crippen LogP contribution is 2.26. The summed E-state index contributed by atoms with van der Waals surface area (Å²) in [6.45, 7) is 0. The van der Waals surface area contributed by atoms with Crippen molar-refractivity contribution in [1.82, 2.24) is 0 Å². The summed E-state index contributed by atoms with van der Waals surface area (Å²) >= 11 is 0. The number of nitrogen functional groups attached to an aromatic ring is 1. The van der Waals surface area contributed by atoms with E-state index in [1.807, 2.05) is 12.1 Å². The van der Waals surface area contributed by atoms with Gasteiger partial charge < -0.3 is 15.8 Å². The number of ether oxygens (including phenoxy) is 1. The van der Waals surface area contributed by atoms with Crippen LogP contribution in [-0.2, 0) is 0 Å². The number of benzene rings is 2. The lowest BCUT2D eigenvalue weighted by molar-refractivity contribution is -0.384. The van der Waals surface area contributed by atoms with Crippen LogP contribution in [0, 0.1) is 10.1 Å². The zero-order chi connectivity index (χ0) is 13.8. The van der Waals surface area contributed by atoms with Gasteiger partial charge >= 0.3 is 0 Å².